The first-order valence-corrected chi connectivity index (χ1v) is 6.40. The van der Waals surface area contributed by atoms with E-state index in [4.69, 9.17) is 0 Å². The van der Waals surface area contributed by atoms with Gasteiger partial charge in [-0.3, -0.25) is 0 Å². The van der Waals surface area contributed by atoms with Gasteiger partial charge in [-0.15, -0.1) is 13.2 Å². The largest absolute Gasteiger partial charge is 0.311 e. The number of hydrogen-bond acceptors (Lipinski definition) is 4. The highest BCUT2D eigenvalue weighted by Gasteiger charge is 2.20. The maximum absolute atomic E-state index is 4.44. The Morgan fingerprint density at radius 1 is 0.833 bits per heavy atom. The quantitative estimate of drug-likeness (QED) is 0.356. The average Bonchev–Trinajstić information content (AvgIpc) is 2.27. The van der Waals surface area contributed by atoms with Gasteiger partial charge in [0.1, 0.15) is 0 Å². The van der Waals surface area contributed by atoms with Gasteiger partial charge in [0.15, 0.2) is 0 Å². The van der Waals surface area contributed by atoms with Crippen molar-refractivity contribution in [1.29, 1.82) is 0 Å². The van der Waals surface area contributed by atoms with Gasteiger partial charge in [-0.1, -0.05) is 12.2 Å². The summed E-state index contributed by atoms with van der Waals surface area (Å²) in [5, 5.41) is 15.4. The molecule has 4 heteroatoms. The molecule has 0 atom stereocenters. The fourth-order valence-corrected chi connectivity index (χ4v) is 1.30. The average molecular weight is 252 g/mol. The molecular weight excluding hydrogens is 224 g/mol. The zero-order valence-corrected chi connectivity index (χ0v) is 12.3. The van der Waals surface area contributed by atoms with Crippen LogP contribution in [0.4, 0.5) is 0 Å². The first kappa shape index (κ1) is 17.0. The third-order valence-electron chi connectivity index (χ3n) is 2.28. The third kappa shape index (κ3) is 9.07. The standard InChI is InChI=1S/C14H28N4/c1-7-9-15-11-13(3,4)17-18-14(5,6)12-16-10-8-2/h7-8,15-16H,1-2,9-12H2,3-6H3. The van der Waals surface area contributed by atoms with Crippen LogP contribution in [-0.4, -0.2) is 37.3 Å². The molecule has 0 fully saturated rings. The van der Waals surface area contributed by atoms with E-state index in [2.05, 4.69) is 61.7 Å². The normalized spacial score (nSPS) is 12.9. The minimum absolute atomic E-state index is 0.196. The lowest BCUT2D eigenvalue weighted by Crippen LogP contribution is -2.36. The Labute approximate surface area is 112 Å². The topological polar surface area (TPSA) is 48.8 Å². The van der Waals surface area contributed by atoms with Crippen molar-refractivity contribution >= 4 is 0 Å². The van der Waals surface area contributed by atoms with Crippen LogP contribution in [0.1, 0.15) is 27.7 Å². The summed E-state index contributed by atoms with van der Waals surface area (Å²) in [6.07, 6.45) is 3.69. The first-order chi connectivity index (χ1) is 8.33. The van der Waals surface area contributed by atoms with Gasteiger partial charge in [-0.2, -0.15) is 10.2 Å². The fraction of sp³-hybridized carbons (Fsp3) is 0.714. The first-order valence-electron chi connectivity index (χ1n) is 6.40. The van der Waals surface area contributed by atoms with E-state index in [-0.39, 0.29) is 11.1 Å². The van der Waals surface area contributed by atoms with E-state index in [1.54, 1.807) is 0 Å². The molecule has 0 amide bonds. The maximum atomic E-state index is 4.44. The Bertz CT molecular complexity index is 252. The lowest BCUT2D eigenvalue weighted by Gasteiger charge is -2.23. The van der Waals surface area contributed by atoms with E-state index in [0.717, 1.165) is 26.2 Å². The van der Waals surface area contributed by atoms with Crippen molar-refractivity contribution in [3.63, 3.8) is 0 Å². The van der Waals surface area contributed by atoms with Gasteiger partial charge in [0.05, 0.1) is 11.1 Å². The van der Waals surface area contributed by atoms with Gasteiger partial charge in [0.25, 0.3) is 0 Å². The zero-order chi connectivity index (χ0) is 14.1. The van der Waals surface area contributed by atoms with Crippen molar-refractivity contribution in [2.45, 2.75) is 38.8 Å². The molecule has 0 spiro atoms. The van der Waals surface area contributed by atoms with E-state index < -0.39 is 0 Å². The molecule has 0 aliphatic rings. The molecule has 0 aromatic carbocycles. The molecule has 0 saturated heterocycles. The van der Waals surface area contributed by atoms with Crippen molar-refractivity contribution in [3.05, 3.63) is 25.3 Å². The predicted octanol–water partition coefficient (Wildman–Crippen LogP) is 2.55. The highest BCUT2D eigenvalue weighted by molar-refractivity contribution is 4.85. The molecule has 0 heterocycles. The lowest BCUT2D eigenvalue weighted by atomic mass is 10.1. The third-order valence-corrected chi connectivity index (χ3v) is 2.28. The number of nitrogens with zero attached hydrogens (tertiary/aromatic N) is 2. The predicted molar refractivity (Wildman–Crippen MR) is 79.1 cm³/mol. The van der Waals surface area contributed by atoms with Crippen molar-refractivity contribution in [2.24, 2.45) is 10.2 Å². The minimum Gasteiger partial charge on any atom is -0.311 e. The van der Waals surface area contributed by atoms with E-state index in [1.165, 1.54) is 0 Å². The highest BCUT2D eigenvalue weighted by Crippen LogP contribution is 2.14. The Hall–Kier alpha value is -1.00. The minimum atomic E-state index is -0.196. The van der Waals surface area contributed by atoms with Crippen LogP contribution in [0.25, 0.3) is 0 Å². The van der Waals surface area contributed by atoms with Crippen LogP contribution in [0.3, 0.4) is 0 Å². The van der Waals surface area contributed by atoms with Gasteiger partial charge in [0.2, 0.25) is 0 Å². The molecule has 104 valence electrons. The molecule has 0 aliphatic carbocycles. The summed E-state index contributed by atoms with van der Waals surface area (Å²) in [5.41, 5.74) is -0.391. The van der Waals surface area contributed by atoms with Crippen molar-refractivity contribution in [3.8, 4) is 0 Å². The maximum Gasteiger partial charge on any atom is 0.0883 e. The van der Waals surface area contributed by atoms with Gasteiger partial charge in [-0.05, 0) is 27.7 Å². The number of hydrogen-bond donors (Lipinski definition) is 2. The number of nitrogens with one attached hydrogen (secondary N) is 2. The summed E-state index contributed by atoms with van der Waals surface area (Å²) in [6.45, 7) is 18.8. The van der Waals surface area contributed by atoms with Crippen LogP contribution in [0, 0.1) is 0 Å². The van der Waals surface area contributed by atoms with Gasteiger partial charge in [0, 0.05) is 26.2 Å². The Balaban J connectivity index is 4.22. The Kier molecular flexibility index (Phi) is 7.71. The second-order valence-corrected chi connectivity index (χ2v) is 5.66. The smallest absolute Gasteiger partial charge is 0.0883 e. The molecule has 0 saturated carbocycles. The molecule has 18 heavy (non-hydrogen) atoms. The molecule has 2 N–H and O–H groups in total. The second-order valence-electron chi connectivity index (χ2n) is 5.66. The molecular formula is C14H28N4. The molecule has 0 radical (unpaired) electrons. The Morgan fingerprint density at radius 3 is 1.44 bits per heavy atom. The van der Waals surface area contributed by atoms with Gasteiger partial charge in [-0.25, -0.2) is 0 Å². The van der Waals surface area contributed by atoms with Crippen LogP contribution in [0.2, 0.25) is 0 Å². The summed E-state index contributed by atoms with van der Waals surface area (Å²) in [4.78, 5) is 0. The summed E-state index contributed by atoms with van der Waals surface area (Å²) >= 11 is 0. The van der Waals surface area contributed by atoms with Crippen molar-refractivity contribution < 1.29 is 0 Å². The zero-order valence-electron chi connectivity index (χ0n) is 12.3. The SMILES string of the molecule is C=CCNCC(C)(C)N=NC(C)(C)CNCC=C. The molecule has 0 rings (SSSR count). The van der Waals surface area contributed by atoms with Crippen LogP contribution >= 0.6 is 0 Å². The van der Waals surface area contributed by atoms with Crippen LogP contribution in [-0.2, 0) is 0 Å². The van der Waals surface area contributed by atoms with E-state index in [1.807, 2.05) is 12.2 Å². The van der Waals surface area contributed by atoms with E-state index in [0.29, 0.717) is 0 Å². The van der Waals surface area contributed by atoms with E-state index >= 15 is 0 Å². The number of rotatable bonds is 10. The van der Waals surface area contributed by atoms with Crippen LogP contribution in [0.5, 0.6) is 0 Å². The fourth-order valence-electron chi connectivity index (χ4n) is 1.30. The summed E-state index contributed by atoms with van der Waals surface area (Å²) < 4.78 is 0. The van der Waals surface area contributed by atoms with Gasteiger partial charge >= 0.3 is 0 Å². The van der Waals surface area contributed by atoms with Crippen LogP contribution < -0.4 is 10.6 Å². The lowest BCUT2D eigenvalue weighted by molar-refractivity contribution is 0.396. The second kappa shape index (κ2) is 8.16. The van der Waals surface area contributed by atoms with Crippen LogP contribution in [0.15, 0.2) is 35.5 Å². The number of azo groups is 1. The molecule has 0 aromatic heterocycles. The summed E-state index contributed by atoms with van der Waals surface area (Å²) in [7, 11) is 0. The summed E-state index contributed by atoms with van der Waals surface area (Å²) in [5.74, 6) is 0. The van der Waals surface area contributed by atoms with E-state index in [9.17, 15) is 0 Å². The molecule has 0 aliphatic heterocycles. The van der Waals surface area contributed by atoms with Gasteiger partial charge < -0.3 is 10.6 Å². The van der Waals surface area contributed by atoms with Crippen molar-refractivity contribution in [1.82, 2.24) is 10.6 Å². The molecule has 0 bridgehead atoms. The Morgan fingerprint density at radius 2 is 1.17 bits per heavy atom. The highest BCUT2D eigenvalue weighted by atomic mass is 15.2. The summed E-state index contributed by atoms with van der Waals surface area (Å²) in [6, 6.07) is 0. The monoisotopic (exact) mass is 252 g/mol. The molecule has 0 unspecified atom stereocenters. The molecule has 4 nitrogen and oxygen atoms in total. The van der Waals surface area contributed by atoms with Crippen molar-refractivity contribution in [2.75, 3.05) is 26.2 Å². The molecule has 0 aromatic rings.